The number of hydrogen-bond acceptors (Lipinski definition) is 4. The Balaban J connectivity index is 1.30. The zero-order valence-electron chi connectivity index (χ0n) is 14.9. The van der Waals surface area contributed by atoms with Crippen molar-refractivity contribution in [2.75, 3.05) is 13.1 Å². The Hall–Kier alpha value is -2.11. The minimum atomic E-state index is 0.230. The molecule has 1 aliphatic heterocycles. The summed E-state index contributed by atoms with van der Waals surface area (Å²) in [6.45, 7) is 3.56. The Morgan fingerprint density at radius 1 is 1.24 bits per heavy atom. The van der Waals surface area contributed by atoms with Crippen LogP contribution in [0.4, 0.5) is 0 Å². The summed E-state index contributed by atoms with van der Waals surface area (Å²) >= 11 is 0. The molecule has 0 bridgehead atoms. The van der Waals surface area contributed by atoms with Gasteiger partial charge in [-0.1, -0.05) is 5.21 Å². The number of fused-ring (bicyclic) bond motifs is 1. The first kappa shape index (κ1) is 16.4. The molecule has 1 amide bonds. The highest BCUT2D eigenvalue weighted by Gasteiger charge is 2.27. The molecular formula is C19H26N4O2. The molecule has 2 aromatic rings. The van der Waals surface area contributed by atoms with E-state index in [1.807, 2.05) is 24.0 Å². The average molecular weight is 342 g/mol. The lowest BCUT2D eigenvalue weighted by Gasteiger charge is -2.32. The first-order valence-corrected chi connectivity index (χ1v) is 9.47. The molecule has 2 aromatic heterocycles. The molecule has 25 heavy (non-hydrogen) atoms. The molecule has 0 saturated carbocycles. The highest BCUT2D eigenvalue weighted by atomic mass is 16.3. The maximum Gasteiger partial charge on any atom is 0.223 e. The van der Waals surface area contributed by atoms with E-state index in [2.05, 4.69) is 15.0 Å². The van der Waals surface area contributed by atoms with Crippen molar-refractivity contribution in [1.29, 1.82) is 0 Å². The number of likely N-dealkylation sites (tertiary alicyclic amines) is 1. The van der Waals surface area contributed by atoms with Crippen molar-refractivity contribution < 1.29 is 9.21 Å². The smallest absolute Gasteiger partial charge is 0.223 e. The van der Waals surface area contributed by atoms with Gasteiger partial charge in [-0.3, -0.25) is 4.79 Å². The van der Waals surface area contributed by atoms with Crippen molar-refractivity contribution in [2.24, 2.45) is 0 Å². The fraction of sp³-hybridized carbons (Fsp3) is 0.632. The maximum atomic E-state index is 12.5. The summed E-state index contributed by atoms with van der Waals surface area (Å²) < 4.78 is 7.71. The standard InChI is InChI=1S/C19H26N4O2/c1-14-6-7-16(25-14)8-9-19(24)22-12-10-15(11-13-22)23-18-5-3-2-4-17(18)20-21-23/h6-7,15H,2-5,8-13H2,1H3. The van der Waals surface area contributed by atoms with Crippen LogP contribution in [-0.2, 0) is 24.1 Å². The molecule has 6 heteroatoms. The van der Waals surface area contributed by atoms with E-state index in [1.165, 1.54) is 24.2 Å². The molecule has 0 radical (unpaired) electrons. The van der Waals surface area contributed by atoms with E-state index >= 15 is 0 Å². The first-order valence-electron chi connectivity index (χ1n) is 9.47. The molecule has 4 rings (SSSR count). The van der Waals surface area contributed by atoms with Crippen LogP contribution in [-0.4, -0.2) is 38.9 Å². The van der Waals surface area contributed by atoms with Gasteiger partial charge in [0.05, 0.1) is 17.4 Å². The minimum Gasteiger partial charge on any atom is -0.466 e. The summed E-state index contributed by atoms with van der Waals surface area (Å²) in [7, 11) is 0. The summed E-state index contributed by atoms with van der Waals surface area (Å²) in [6, 6.07) is 4.30. The maximum absolute atomic E-state index is 12.5. The monoisotopic (exact) mass is 342 g/mol. The second-order valence-electron chi connectivity index (χ2n) is 7.26. The summed E-state index contributed by atoms with van der Waals surface area (Å²) in [6.07, 6.45) is 7.79. The quantitative estimate of drug-likeness (QED) is 0.857. The second-order valence-corrected chi connectivity index (χ2v) is 7.26. The molecule has 0 unspecified atom stereocenters. The van der Waals surface area contributed by atoms with Gasteiger partial charge in [0.15, 0.2) is 0 Å². The van der Waals surface area contributed by atoms with Gasteiger partial charge in [-0.15, -0.1) is 5.10 Å². The van der Waals surface area contributed by atoms with Gasteiger partial charge in [0.25, 0.3) is 0 Å². The van der Waals surface area contributed by atoms with E-state index in [4.69, 9.17) is 4.42 Å². The van der Waals surface area contributed by atoms with Crippen molar-refractivity contribution in [3.05, 3.63) is 35.0 Å². The third-order valence-corrected chi connectivity index (χ3v) is 5.49. The summed E-state index contributed by atoms with van der Waals surface area (Å²) in [5, 5.41) is 8.79. The van der Waals surface area contributed by atoms with Crippen molar-refractivity contribution >= 4 is 5.91 Å². The minimum absolute atomic E-state index is 0.230. The van der Waals surface area contributed by atoms with Crippen molar-refractivity contribution in [1.82, 2.24) is 19.9 Å². The fourth-order valence-corrected chi connectivity index (χ4v) is 4.05. The van der Waals surface area contributed by atoms with Crippen LogP contribution in [0.3, 0.4) is 0 Å². The summed E-state index contributed by atoms with van der Waals surface area (Å²) in [5.74, 6) is 2.03. The molecule has 1 aliphatic carbocycles. The highest BCUT2D eigenvalue weighted by Crippen LogP contribution is 2.27. The molecule has 134 valence electrons. The van der Waals surface area contributed by atoms with E-state index in [9.17, 15) is 4.79 Å². The van der Waals surface area contributed by atoms with Crippen LogP contribution in [0.2, 0.25) is 0 Å². The SMILES string of the molecule is Cc1ccc(CCC(=O)N2CCC(n3nnc4c3CCCC4)CC2)o1. The van der Waals surface area contributed by atoms with E-state index in [-0.39, 0.29) is 5.91 Å². The number of aromatic nitrogens is 3. The third kappa shape index (κ3) is 3.48. The Morgan fingerprint density at radius 3 is 2.80 bits per heavy atom. The zero-order valence-corrected chi connectivity index (χ0v) is 14.9. The largest absolute Gasteiger partial charge is 0.466 e. The van der Waals surface area contributed by atoms with Gasteiger partial charge in [-0.2, -0.15) is 0 Å². The molecule has 1 fully saturated rings. The lowest BCUT2D eigenvalue weighted by molar-refractivity contribution is -0.132. The van der Waals surface area contributed by atoms with Gasteiger partial charge in [-0.25, -0.2) is 4.68 Å². The van der Waals surface area contributed by atoms with Crippen molar-refractivity contribution in [3.63, 3.8) is 0 Å². The Morgan fingerprint density at radius 2 is 2.04 bits per heavy atom. The van der Waals surface area contributed by atoms with Gasteiger partial charge in [0.2, 0.25) is 5.91 Å². The van der Waals surface area contributed by atoms with Crippen LogP contribution in [0.1, 0.15) is 61.1 Å². The number of carbonyl (C=O) groups is 1. The molecule has 0 spiro atoms. The van der Waals surface area contributed by atoms with Crippen molar-refractivity contribution in [2.45, 2.75) is 64.3 Å². The lowest BCUT2D eigenvalue weighted by atomic mass is 9.99. The molecule has 6 nitrogen and oxygen atoms in total. The number of nitrogens with zero attached hydrogens (tertiary/aromatic N) is 4. The number of rotatable bonds is 4. The van der Waals surface area contributed by atoms with Crippen molar-refractivity contribution in [3.8, 4) is 0 Å². The van der Waals surface area contributed by atoms with Crippen LogP contribution in [0, 0.1) is 6.92 Å². The van der Waals surface area contributed by atoms with Gasteiger partial charge < -0.3 is 9.32 Å². The Labute approximate surface area is 148 Å². The van der Waals surface area contributed by atoms with Crippen LogP contribution in [0.5, 0.6) is 0 Å². The molecule has 0 atom stereocenters. The molecule has 2 aliphatic rings. The normalized spacial score (nSPS) is 18.4. The highest BCUT2D eigenvalue weighted by molar-refractivity contribution is 5.76. The number of aryl methyl sites for hydroxylation is 3. The predicted octanol–water partition coefficient (Wildman–Crippen LogP) is 2.85. The fourth-order valence-electron chi connectivity index (χ4n) is 4.05. The van der Waals surface area contributed by atoms with Crippen LogP contribution >= 0.6 is 0 Å². The van der Waals surface area contributed by atoms with E-state index < -0.39 is 0 Å². The average Bonchev–Trinajstić information content (AvgIpc) is 3.26. The van der Waals surface area contributed by atoms with E-state index in [0.29, 0.717) is 18.9 Å². The van der Waals surface area contributed by atoms with Gasteiger partial charge >= 0.3 is 0 Å². The van der Waals surface area contributed by atoms with Gasteiger partial charge in [0.1, 0.15) is 11.5 Å². The number of amides is 1. The third-order valence-electron chi connectivity index (χ3n) is 5.49. The second kappa shape index (κ2) is 7.02. The molecule has 0 N–H and O–H groups in total. The van der Waals surface area contributed by atoms with Crippen LogP contribution in [0.25, 0.3) is 0 Å². The zero-order chi connectivity index (χ0) is 17.2. The number of hydrogen-bond donors (Lipinski definition) is 0. The summed E-state index contributed by atoms with van der Waals surface area (Å²) in [4.78, 5) is 14.4. The number of furan rings is 1. The summed E-state index contributed by atoms with van der Waals surface area (Å²) in [5.41, 5.74) is 2.53. The lowest BCUT2D eigenvalue weighted by Crippen LogP contribution is -2.39. The van der Waals surface area contributed by atoms with E-state index in [1.54, 1.807) is 0 Å². The molecular weight excluding hydrogens is 316 g/mol. The predicted molar refractivity (Wildman–Crippen MR) is 93.3 cm³/mol. The van der Waals surface area contributed by atoms with E-state index in [0.717, 1.165) is 50.3 Å². The Kier molecular flexibility index (Phi) is 4.59. The molecule has 1 saturated heterocycles. The topological polar surface area (TPSA) is 64.2 Å². The molecule has 0 aromatic carbocycles. The van der Waals surface area contributed by atoms with Gasteiger partial charge in [-0.05, 0) is 57.6 Å². The van der Waals surface area contributed by atoms with Crippen LogP contribution < -0.4 is 0 Å². The van der Waals surface area contributed by atoms with Crippen LogP contribution in [0.15, 0.2) is 16.5 Å². The molecule has 3 heterocycles. The number of carbonyl (C=O) groups excluding carboxylic acids is 1. The first-order chi connectivity index (χ1) is 12.2. The number of piperidine rings is 1. The van der Waals surface area contributed by atoms with Gasteiger partial charge in [0, 0.05) is 25.9 Å². The Bertz CT molecular complexity index is 740.